The summed E-state index contributed by atoms with van der Waals surface area (Å²) in [5, 5.41) is 0.801. The summed E-state index contributed by atoms with van der Waals surface area (Å²) in [5.41, 5.74) is 0.876. The van der Waals surface area contributed by atoms with Crippen LogP contribution in [0.5, 0.6) is 0 Å². The lowest BCUT2D eigenvalue weighted by molar-refractivity contribution is 0.255. The number of benzene rings is 2. The first-order valence-corrected chi connectivity index (χ1v) is 14.5. The molecule has 3 aromatic rings. The summed E-state index contributed by atoms with van der Waals surface area (Å²) in [7, 11) is -7.44. The van der Waals surface area contributed by atoms with Crippen LogP contribution in [-0.4, -0.2) is 50.1 Å². The van der Waals surface area contributed by atoms with Crippen molar-refractivity contribution in [2.24, 2.45) is 0 Å². The number of aromatic nitrogens is 1. The second kappa shape index (κ2) is 9.18. The normalized spacial score (nSPS) is 18.4. The van der Waals surface area contributed by atoms with Gasteiger partial charge in [0.15, 0.2) is 0 Å². The van der Waals surface area contributed by atoms with Crippen molar-refractivity contribution in [3.05, 3.63) is 53.5 Å². The average molecular weight is 494 g/mol. The molecule has 1 atom stereocenters. The van der Waals surface area contributed by atoms with Gasteiger partial charge in [0.1, 0.15) is 5.01 Å². The van der Waals surface area contributed by atoms with E-state index < -0.39 is 20.0 Å². The van der Waals surface area contributed by atoms with Gasteiger partial charge in [-0.05, 0) is 49.2 Å². The number of thiazole rings is 1. The number of para-hydroxylation sites is 1. The first kappa shape index (κ1) is 23.3. The topological polar surface area (TPSA) is 87.7 Å². The molecule has 0 amide bonds. The van der Waals surface area contributed by atoms with Gasteiger partial charge in [-0.2, -0.15) is 8.61 Å². The molecule has 1 saturated heterocycles. The van der Waals surface area contributed by atoms with Crippen LogP contribution in [0.1, 0.15) is 44.2 Å². The molecule has 1 aliphatic heterocycles. The zero-order chi connectivity index (χ0) is 22.9. The summed E-state index contributed by atoms with van der Waals surface area (Å²) in [6, 6.07) is 13.1. The summed E-state index contributed by atoms with van der Waals surface area (Å²) in [5.74, 6) is 0. The molecule has 0 radical (unpaired) electrons. The van der Waals surface area contributed by atoms with Crippen molar-refractivity contribution in [1.29, 1.82) is 0 Å². The predicted octanol–water partition coefficient (Wildman–Crippen LogP) is 4.24. The lowest BCUT2D eigenvalue weighted by atomic mass is 10.1. The fourth-order valence-electron chi connectivity index (χ4n) is 4.10. The Labute approximate surface area is 193 Å². The maximum Gasteiger partial charge on any atom is 0.243 e. The van der Waals surface area contributed by atoms with Crippen LogP contribution >= 0.6 is 11.3 Å². The van der Waals surface area contributed by atoms with Crippen LogP contribution in [0.2, 0.25) is 0 Å². The fourth-order valence-corrected chi connectivity index (χ4v) is 8.40. The Morgan fingerprint density at radius 3 is 2.28 bits per heavy atom. The lowest BCUT2D eigenvalue weighted by Gasteiger charge is -2.33. The van der Waals surface area contributed by atoms with Gasteiger partial charge in [-0.1, -0.05) is 32.4 Å². The Hall–Kier alpha value is -1.85. The summed E-state index contributed by atoms with van der Waals surface area (Å²) in [6.07, 6.45) is 2.44. The predicted molar refractivity (Wildman–Crippen MR) is 127 cm³/mol. The third-order valence-corrected chi connectivity index (χ3v) is 10.9. The van der Waals surface area contributed by atoms with Crippen molar-refractivity contribution < 1.29 is 16.8 Å². The molecule has 1 aliphatic rings. The lowest BCUT2D eigenvalue weighted by Crippen LogP contribution is -2.38. The van der Waals surface area contributed by atoms with E-state index in [1.165, 1.54) is 44.2 Å². The van der Waals surface area contributed by atoms with Gasteiger partial charge in [0.25, 0.3) is 0 Å². The van der Waals surface area contributed by atoms with Gasteiger partial charge in [0, 0.05) is 19.6 Å². The highest BCUT2D eigenvalue weighted by molar-refractivity contribution is 7.89. The van der Waals surface area contributed by atoms with Crippen LogP contribution in [0.4, 0.5) is 0 Å². The molecular weight excluding hydrogens is 466 g/mol. The van der Waals surface area contributed by atoms with Crippen molar-refractivity contribution in [2.45, 2.75) is 48.9 Å². The van der Waals surface area contributed by atoms with E-state index in [1.807, 2.05) is 24.3 Å². The summed E-state index contributed by atoms with van der Waals surface area (Å²) in [4.78, 5) is 4.91. The molecule has 0 saturated carbocycles. The molecule has 0 aliphatic carbocycles. The van der Waals surface area contributed by atoms with E-state index in [2.05, 4.69) is 0 Å². The highest BCUT2D eigenvalue weighted by Crippen LogP contribution is 2.38. The minimum Gasteiger partial charge on any atom is -0.239 e. The largest absolute Gasteiger partial charge is 0.243 e. The van der Waals surface area contributed by atoms with Crippen LogP contribution in [-0.2, 0) is 20.0 Å². The standard InChI is InChI=1S/C22H27N3O4S3/c1-3-24(4-2)31(26,27)17-12-14-18(15-13-17)32(28,29)25-16-8-7-10-20(25)22-23-19-9-5-6-11-21(19)30-22/h5-6,9,11-15,20H,3-4,7-8,10,16H2,1-2H3. The fraction of sp³-hybridized carbons (Fsp3) is 0.409. The quantitative estimate of drug-likeness (QED) is 0.491. The number of sulfonamides is 2. The number of rotatable bonds is 7. The maximum absolute atomic E-state index is 13.5. The van der Waals surface area contributed by atoms with Gasteiger partial charge in [-0.15, -0.1) is 11.3 Å². The Balaban J connectivity index is 1.66. The Bertz CT molecular complexity index is 1260. The number of piperidine rings is 1. The molecule has 0 spiro atoms. The van der Waals surface area contributed by atoms with E-state index in [9.17, 15) is 16.8 Å². The first-order chi connectivity index (χ1) is 15.3. The maximum atomic E-state index is 13.5. The number of hydrogen-bond acceptors (Lipinski definition) is 6. The van der Waals surface area contributed by atoms with Crippen molar-refractivity contribution in [3.63, 3.8) is 0 Å². The van der Waals surface area contributed by atoms with Gasteiger partial charge >= 0.3 is 0 Å². The van der Waals surface area contributed by atoms with Gasteiger partial charge < -0.3 is 0 Å². The van der Waals surface area contributed by atoms with E-state index in [-0.39, 0.29) is 15.8 Å². The molecule has 10 heteroatoms. The first-order valence-electron chi connectivity index (χ1n) is 10.8. The van der Waals surface area contributed by atoms with Gasteiger partial charge in [-0.3, -0.25) is 0 Å². The van der Waals surface area contributed by atoms with E-state index in [1.54, 1.807) is 13.8 Å². The number of hydrogen-bond donors (Lipinski definition) is 0. The molecule has 1 aromatic heterocycles. The zero-order valence-corrected chi connectivity index (χ0v) is 20.6. The highest BCUT2D eigenvalue weighted by atomic mass is 32.2. The third kappa shape index (κ3) is 4.22. The molecule has 1 fully saturated rings. The van der Waals surface area contributed by atoms with Crippen molar-refractivity contribution >= 4 is 41.6 Å². The summed E-state index contributed by atoms with van der Waals surface area (Å²) >= 11 is 1.53. The smallest absolute Gasteiger partial charge is 0.239 e. The Morgan fingerprint density at radius 1 is 0.969 bits per heavy atom. The minimum absolute atomic E-state index is 0.0986. The third-order valence-electron chi connectivity index (χ3n) is 5.82. The molecule has 1 unspecified atom stereocenters. The van der Waals surface area contributed by atoms with E-state index in [0.29, 0.717) is 26.1 Å². The molecular formula is C22H27N3O4S3. The summed E-state index contributed by atoms with van der Waals surface area (Å²) in [6.45, 7) is 4.69. The number of nitrogens with zero attached hydrogens (tertiary/aromatic N) is 3. The Morgan fingerprint density at radius 2 is 1.62 bits per heavy atom. The van der Waals surface area contributed by atoms with Crippen molar-refractivity contribution in [2.75, 3.05) is 19.6 Å². The van der Waals surface area contributed by atoms with Crippen LogP contribution in [0.25, 0.3) is 10.2 Å². The van der Waals surface area contributed by atoms with Crippen LogP contribution in [0.15, 0.2) is 58.3 Å². The molecule has 0 N–H and O–H groups in total. The number of fused-ring (bicyclic) bond motifs is 1. The molecule has 4 rings (SSSR count). The van der Waals surface area contributed by atoms with Crippen LogP contribution in [0.3, 0.4) is 0 Å². The van der Waals surface area contributed by atoms with Crippen molar-refractivity contribution in [3.8, 4) is 0 Å². The van der Waals surface area contributed by atoms with Gasteiger partial charge in [0.05, 0.1) is 26.0 Å². The highest BCUT2D eigenvalue weighted by Gasteiger charge is 2.36. The molecule has 2 aromatic carbocycles. The van der Waals surface area contributed by atoms with Gasteiger partial charge in [-0.25, -0.2) is 21.8 Å². The molecule has 2 heterocycles. The summed E-state index contributed by atoms with van der Waals surface area (Å²) < 4.78 is 56.5. The van der Waals surface area contributed by atoms with Crippen LogP contribution < -0.4 is 0 Å². The zero-order valence-electron chi connectivity index (χ0n) is 18.1. The van der Waals surface area contributed by atoms with E-state index in [4.69, 9.17) is 4.98 Å². The monoisotopic (exact) mass is 493 g/mol. The second-order valence-electron chi connectivity index (χ2n) is 7.71. The average Bonchev–Trinajstić information content (AvgIpc) is 3.24. The SMILES string of the molecule is CCN(CC)S(=O)(=O)c1ccc(S(=O)(=O)N2CCCCC2c2nc3ccccc3s2)cc1. The second-order valence-corrected chi connectivity index (χ2v) is 12.6. The molecule has 32 heavy (non-hydrogen) atoms. The van der Waals surface area contributed by atoms with E-state index >= 15 is 0 Å². The van der Waals surface area contributed by atoms with Crippen molar-refractivity contribution in [1.82, 2.24) is 13.6 Å². The molecule has 172 valence electrons. The Kier molecular flexibility index (Phi) is 6.69. The molecule has 7 nitrogen and oxygen atoms in total. The van der Waals surface area contributed by atoms with Crippen LogP contribution in [0, 0.1) is 0 Å². The van der Waals surface area contributed by atoms with Gasteiger partial charge in [0.2, 0.25) is 20.0 Å². The minimum atomic E-state index is -3.80. The molecule has 0 bridgehead atoms. The van der Waals surface area contributed by atoms with E-state index in [0.717, 1.165) is 28.1 Å².